The molecule has 1 atom stereocenters. The van der Waals surface area contributed by atoms with Gasteiger partial charge in [-0.15, -0.1) is 0 Å². The molecule has 0 aromatic heterocycles. The molecule has 1 unspecified atom stereocenters. The number of rotatable bonds is 4. The Balaban J connectivity index is 1.82. The number of nitrogens with one attached hydrogen (secondary N) is 2. The number of hydrogen-bond acceptors (Lipinski definition) is 3. The van der Waals surface area contributed by atoms with Gasteiger partial charge in [0.2, 0.25) is 17.7 Å². The van der Waals surface area contributed by atoms with E-state index in [9.17, 15) is 27.6 Å². The molecule has 0 bridgehead atoms. The van der Waals surface area contributed by atoms with E-state index in [2.05, 4.69) is 26.6 Å². The first-order chi connectivity index (χ1) is 14.1. The van der Waals surface area contributed by atoms with Crippen LogP contribution in [0.2, 0.25) is 0 Å². The predicted octanol–water partition coefficient (Wildman–Crippen LogP) is 4.42. The zero-order chi connectivity index (χ0) is 22.1. The Kier molecular flexibility index (Phi) is 6.16. The fourth-order valence-corrected chi connectivity index (χ4v) is 3.64. The van der Waals surface area contributed by atoms with Gasteiger partial charge in [0.15, 0.2) is 0 Å². The van der Waals surface area contributed by atoms with Crippen LogP contribution in [0.4, 0.5) is 30.2 Å². The van der Waals surface area contributed by atoms with E-state index in [1.54, 1.807) is 24.3 Å². The van der Waals surface area contributed by atoms with Crippen molar-refractivity contribution in [2.75, 3.05) is 22.1 Å². The number of amides is 3. The molecule has 1 heterocycles. The summed E-state index contributed by atoms with van der Waals surface area (Å²) in [6.45, 7) is 1.29. The number of carbonyl (C=O) groups excluding carboxylic acids is 3. The van der Waals surface area contributed by atoms with Gasteiger partial charge in [0, 0.05) is 24.4 Å². The minimum Gasteiger partial charge on any atom is -0.325 e. The maximum Gasteiger partial charge on any atom is 0.416 e. The third kappa shape index (κ3) is 4.81. The van der Waals surface area contributed by atoms with Crippen molar-refractivity contribution in [2.45, 2.75) is 19.5 Å². The smallest absolute Gasteiger partial charge is 0.325 e. The lowest BCUT2D eigenvalue weighted by atomic mass is 10.1. The van der Waals surface area contributed by atoms with Crippen molar-refractivity contribution in [2.24, 2.45) is 5.92 Å². The van der Waals surface area contributed by atoms with E-state index in [0.29, 0.717) is 10.2 Å². The van der Waals surface area contributed by atoms with E-state index in [0.717, 1.165) is 18.2 Å². The molecule has 1 saturated heterocycles. The van der Waals surface area contributed by atoms with Crippen LogP contribution in [0.1, 0.15) is 18.9 Å². The molecule has 0 aliphatic carbocycles. The van der Waals surface area contributed by atoms with Crippen LogP contribution in [0.5, 0.6) is 0 Å². The topological polar surface area (TPSA) is 78.5 Å². The number of anilines is 3. The van der Waals surface area contributed by atoms with Gasteiger partial charge in [-0.05, 0) is 46.3 Å². The number of para-hydroxylation sites is 1. The Morgan fingerprint density at radius 3 is 2.43 bits per heavy atom. The monoisotopic (exact) mass is 483 g/mol. The highest BCUT2D eigenvalue weighted by Crippen LogP contribution is 2.35. The van der Waals surface area contributed by atoms with Crippen molar-refractivity contribution in [3.63, 3.8) is 0 Å². The second-order valence-corrected chi connectivity index (χ2v) is 7.64. The van der Waals surface area contributed by atoms with Crippen LogP contribution in [0.3, 0.4) is 0 Å². The standard InChI is InChI=1S/C20H17BrF3N3O3/c1-11(28)25-15-7-6-13(20(22,23)24)9-16(15)26-19(30)12-8-18(29)27(10-12)17-5-3-2-4-14(17)21/h2-7,9,12H,8,10H2,1H3,(H,25,28)(H,26,30). The summed E-state index contributed by atoms with van der Waals surface area (Å²) in [7, 11) is 0. The van der Waals surface area contributed by atoms with Crippen molar-refractivity contribution in [3.8, 4) is 0 Å². The predicted molar refractivity (Wildman–Crippen MR) is 109 cm³/mol. The Morgan fingerprint density at radius 1 is 1.10 bits per heavy atom. The molecule has 0 spiro atoms. The molecule has 3 rings (SSSR count). The van der Waals surface area contributed by atoms with Crippen LogP contribution < -0.4 is 15.5 Å². The summed E-state index contributed by atoms with van der Waals surface area (Å²) in [4.78, 5) is 38.0. The first kappa shape index (κ1) is 21.8. The van der Waals surface area contributed by atoms with E-state index < -0.39 is 29.5 Å². The van der Waals surface area contributed by atoms with E-state index in [1.807, 2.05) is 0 Å². The van der Waals surface area contributed by atoms with Gasteiger partial charge in [0.1, 0.15) is 0 Å². The molecule has 1 aliphatic rings. The van der Waals surface area contributed by atoms with E-state index in [4.69, 9.17) is 0 Å². The molecule has 0 saturated carbocycles. The summed E-state index contributed by atoms with van der Waals surface area (Å²) in [6, 6.07) is 9.67. The molecule has 2 N–H and O–H groups in total. The molecule has 3 amide bonds. The Labute approximate surface area is 178 Å². The SMILES string of the molecule is CC(=O)Nc1ccc(C(F)(F)F)cc1NC(=O)C1CC(=O)N(c2ccccc2Br)C1. The highest BCUT2D eigenvalue weighted by atomic mass is 79.9. The lowest BCUT2D eigenvalue weighted by Crippen LogP contribution is -2.28. The summed E-state index contributed by atoms with van der Waals surface area (Å²) < 4.78 is 39.9. The molecule has 2 aromatic rings. The second-order valence-electron chi connectivity index (χ2n) is 6.79. The first-order valence-electron chi connectivity index (χ1n) is 8.91. The molecule has 1 aliphatic heterocycles. The van der Waals surface area contributed by atoms with Gasteiger partial charge in [-0.3, -0.25) is 14.4 Å². The van der Waals surface area contributed by atoms with Crippen molar-refractivity contribution < 1.29 is 27.6 Å². The third-order valence-corrected chi connectivity index (χ3v) is 5.23. The highest BCUT2D eigenvalue weighted by Gasteiger charge is 2.36. The summed E-state index contributed by atoms with van der Waals surface area (Å²) in [5.41, 5.74) is -0.507. The molecule has 158 valence electrons. The van der Waals surface area contributed by atoms with E-state index >= 15 is 0 Å². The number of alkyl halides is 3. The van der Waals surface area contributed by atoms with Crippen LogP contribution in [-0.2, 0) is 20.6 Å². The van der Waals surface area contributed by atoms with Gasteiger partial charge in [0.25, 0.3) is 0 Å². The zero-order valence-corrected chi connectivity index (χ0v) is 17.3. The van der Waals surface area contributed by atoms with Crippen LogP contribution >= 0.6 is 15.9 Å². The van der Waals surface area contributed by atoms with Crippen LogP contribution in [-0.4, -0.2) is 24.3 Å². The lowest BCUT2D eigenvalue weighted by Gasteiger charge is -2.19. The van der Waals surface area contributed by atoms with Crippen molar-refractivity contribution in [1.82, 2.24) is 0 Å². The van der Waals surface area contributed by atoms with E-state index in [-0.39, 0.29) is 30.2 Å². The first-order valence-corrected chi connectivity index (χ1v) is 9.70. The number of benzene rings is 2. The quantitative estimate of drug-likeness (QED) is 0.675. The van der Waals surface area contributed by atoms with Gasteiger partial charge in [-0.1, -0.05) is 12.1 Å². The average Bonchev–Trinajstić information content (AvgIpc) is 3.04. The van der Waals surface area contributed by atoms with Gasteiger partial charge in [0.05, 0.1) is 28.5 Å². The zero-order valence-electron chi connectivity index (χ0n) is 15.7. The van der Waals surface area contributed by atoms with Gasteiger partial charge >= 0.3 is 6.18 Å². The normalized spacial score (nSPS) is 16.5. The minimum absolute atomic E-state index is 0.0378. The third-order valence-electron chi connectivity index (χ3n) is 4.55. The molecule has 1 fully saturated rings. The summed E-state index contributed by atoms with van der Waals surface area (Å²) in [6.07, 6.45) is -4.70. The molecule has 2 aromatic carbocycles. The Morgan fingerprint density at radius 2 is 1.80 bits per heavy atom. The van der Waals surface area contributed by atoms with E-state index in [1.165, 1.54) is 11.8 Å². The Hall–Kier alpha value is -2.88. The fourth-order valence-electron chi connectivity index (χ4n) is 3.14. The van der Waals surface area contributed by atoms with Crippen LogP contribution in [0, 0.1) is 5.92 Å². The maximum atomic E-state index is 13.1. The van der Waals surface area contributed by atoms with Crippen LogP contribution in [0.15, 0.2) is 46.9 Å². The molecule has 0 radical (unpaired) electrons. The molecule has 10 heteroatoms. The van der Waals surface area contributed by atoms with Gasteiger partial charge in [-0.25, -0.2) is 0 Å². The largest absolute Gasteiger partial charge is 0.416 e. The number of nitrogens with zero attached hydrogens (tertiary/aromatic N) is 1. The maximum absolute atomic E-state index is 13.1. The Bertz CT molecular complexity index is 1010. The minimum atomic E-state index is -4.62. The molecule has 30 heavy (non-hydrogen) atoms. The summed E-state index contributed by atoms with van der Waals surface area (Å²) in [5, 5.41) is 4.83. The number of hydrogen-bond donors (Lipinski definition) is 2. The number of halogens is 4. The average molecular weight is 484 g/mol. The highest BCUT2D eigenvalue weighted by molar-refractivity contribution is 9.10. The second kappa shape index (κ2) is 8.47. The van der Waals surface area contributed by atoms with Crippen molar-refractivity contribution >= 4 is 50.7 Å². The van der Waals surface area contributed by atoms with Crippen molar-refractivity contribution in [1.29, 1.82) is 0 Å². The van der Waals surface area contributed by atoms with Gasteiger partial charge in [-0.2, -0.15) is 13.2 Å². The lowest BCUT2D eigenvalue weighted by molar-refractivity contribution is -0.137. The molecular formula is C20H17BrF3N3O3. The van der Waals surface area contributed by atoms with Crippen molar-refractivity contribution in [3.05, 3.63) is 52.5 Å². The van der Waals surface area contributed by atoms with Crippen LogP contribution in [0.25, 0.3) is 0 Å². The molecule has 6 nitrogen and oxygen atoms in total. The number of carbonyl (C=O) groups is 3. The summed E-state index contributed by atoms with van der Waals surface area (Å²) in [5.74, 6) is -2.14. The van der Waals surface area contributed by atoms with Gasteiger partial charge < -0.3 is 15.5 Å². The summed E-state index contributed by atoms with van der Waals surface area (Å²) >= 11 is 3.36. The molecular weight excluding hydrogens is 467 g/mol. The fraction of sp³-hybridized carbons (Fsp3) is 0.250.